The fraction of sp³-hybridized carbons (Fsp3) is 0.579. The molecule has 7 heteroatoms. The lowest BCUT2D eigenvalue weighted by Crippen LogP contribution is -2.58. The molecular weight excluding hydrogens is 334 g/mol. The summed E-state index contributed by atoms with van der Waals surface area (Å²) in [6, 6.07) is 7.30. The lowest BCUT2D eigenvalue weighted by molar-refractivity contribution is -0.143. The molecule has 0 aromatic heterocycles. The minimum atomic E-state index is -0.613. The van der Waals surface area contributed by atoms with E-state index in [4.69, 9.17) is 9.47 Å². The Morgan fingerprint density at radius 2 is 1.73 bits per heavy atom. The molecule has 2 atom stereocenters. The molecule has 26 heavy (non-hydrogen) atoms. The van der Waals surface area contributed by atoms with E-state index < -0.39 is 6.10 Å². The summed E-state index contributed by atoms with van der Waals surface area (Å²) in [4.78, 5) is 28.8. The van der Waals surface area contributed by atoms with E-state index in [1.807, 2.05) is 45.0 Å². The topological polar surface area (TPSA) is 71.1 Å². The van der Waals surface area contributed by atoms with Crippen molar-refractivity contribution in [2.24, 2.45) is 0 Å². The first-order valence-corrected chi connectivity index (χ1v) is 9.17. The van der Waals surface area contributed by atoms with E-state index in [-0.39, 0.29) is 30.5 Å². The molecule has 2 aliphatic rings. The van der Waals surface area contributed by atoms with E-state index in [1.165, 1.54) is 0 Å². The quantitative estimate of drug-likeness (QED) is 0.862. The summed E-state index contributed by atoms with van der Waals surface area (Å²) in [5, 5.41) is 2.94. The molecule has 1 N–H and O–H groups in total. The van der Waals surface area contributed by atoms with E-state index in [0.717, 1.165) is 0 Å². The number of ether oxygens (including phenoxy) is 2. The van der Waals surface area contributed by atoms with Gasteiger partial charge in [0, 0.05) is 32.2 Å². The smallest absolute Gasteiger partial charge is 0.267 e. The maximum Gasteiger partial charge on any atom is 0.267 e. The highest BCUT2D eigenvalue weighted by atomic mass is 16.6. The molecule has 2 amide bonds. The van der Waals surface area contributed by atoms with Crippen molar-refractivity contribution in [3.8, 4) is 11.5 Å². The van der Waals surface area contributed by atoms with Crippen molar-refractivity contribution < 1.29 is 19.1 Å². The number of hydrogen-bond acceptors (Lipinski definition) is 5. The van der Waals surface area contributed by atoms with Crippen LogP contribution in [0.5, 0.6) is 11.5 Å². The van der Waals surface area contributed by atoms with Crippen LogP contribution in [-0.4, -0.2) is 72.6 Å². The van der Waals surface area contributed by atoms with Crippen molar-refractivity contribution in [3.63, 3.8) is 0 Å². The van der Waals surface area contributed by atoms with E-state index >= 15 is 0 Å². The number of nitrogens with zero attached hydrogens (tertiary/aromatic N) is 2. The fourth-order valence-electron chi connectivity index (χ4n) is 3.25. The minimum Gasteiger partial charge on any atom is -0.485 e. The molecule has 2 heterocycles. The SMILES string of the molecule is CC(C)NC(=O)[C@H](C)N1CCN(C(=O)[C@@H]2COc3ccccc3O2)CC1. The molecule has 0 unspecified atom stereocenters. The number of nitrogens with one attached hydrogen (secondary N) is 1. The number of hydrogen-bond donors (Lipinski definition) is 1. The van der Waals surface area contributed by atoms with Crippen LogP contribution in [0.4, 0.5) is 0 Å². The van der Waals surface area contributed by atoms with E-state index in [0.29, 0.717) is 37.7 Å². The van der Waals surface area contributed by atoms with Gasteiger partial charge < -0.3 is 19.7 Å². The van der Waals surface area contributed by atoms with Gasteiger partial charge in [-0.3, -0.25) is 14.5 Å². The molecule has 142 valence electrons. The second-order valence-corrected chi connectivity index (χ2v) is 7.06. The van der Waals surface area contributed by atoms with Crippen LogP contribution >= 0.6 is 0 Å². The van der Waals surface area contributed by atoms with Crippen molar-refractivity contribution in [2.45, 2.75) is 39.0 Å². The Morgan fingerprint density at radius 1 is 1.08 bits per heavy atom. The first kappa shape index (κ1) is 18.5. The van der Waals surface area contributed by atoms with E-state index in [9.17, 15) is 9.59 Å². The Bertz CT molecular complexity index is 656. The Hall–Kier alpha value is -2.28. The van der Waals surface area contributed by atoms with Gasteiger partial charge in [0.15, 0.2) is 11.5 Å². The summed E-state index contributed by atoms with van der Waals surface area (Å²) >= 11 is 0. The van der Waals surface area contributed by atoms with Crippen molar-refractivity contribution >= 4 is 11.8 Å². The maximum atomic E-state index is 12.7. The lowest BCUT2D eigenvalue weighted by atomic mass is 10.2. The average molecular weight is 361 g/mol. The van der Waals surface area contributed by atoms with Crippen molar-refractivity contribution in [1.29, 1.82) is 0 Å². The van der Waals surface area contributed by atoms with E-state index in [2.05, 4.69) is 10.2 Å². The van der Waals surface area contributed by atoms with Crippen molar-refractivity contribution in [3.05, 3.63) is 24.3 Å². The normalized spacial score (nSPS) is 21.4. The number of fused-ring (bicyclic) bond motifs is 1. The van der Waals surface area contributed by atoms with Crippen LogP contribution in [0.3, 0.4) is 0 Å². The highest BCUT2D eigenvalue weighted by Gasteiger charge is 2.34. The number of para-hydroxylation sites is 2. The second kappa shape index (κ2) is 7.95. The molecule has 1 aromatic carbocycles. The van der Waals surface area contributed by atoms with Crippen LogP contribution in [0.2, 0.25) is 0 Å². The maximum absolute atomic E-state index is 12.7. The summed E-state index contributed by atoms with van der Waals surface area (Å²) in [5.41, 5.74) is 0. The van der Waals surface area contributed by atoms with Crippen LogP contribution in [-0.2, 0) is 9.59 Å². The molecule has 1 saturated heterocycles. The summed E-state index contributed by atoms with van der Waals surface area (Å²) < 4.78 is 11.4. The Kier molecular flexibility index (Phi) is 5.66. The Labute approximate surface area is 154 Å². The van der Waals surface area contributed by atoms with Gasteiger partial charge in [-0.1, -0.05) is 12.1 Å². The summed E-state index contributed by atoms with van der Waals surface area (Å²) in [6.07, 6.45) is -0.613. The molecule has 1 fully saturated rings. The van der Waals surface area contributed by atoms with Crippen LogP contribution in [0.1, 0.15) is 20.8 Å². The highest BCUT2D eigenvalue weighted by molar-refractivity contribution is 5.83. The third-order valence-electron chi connectivity index (χ3n) is 4.77. The number of amides is 2. The number of rotatable bonds is 4. The fourth-order valence-corrected chi connectivity index (χ4v) is 3.25. The molecule has 1 aromatic rings. The molecule has 7 nitrogen and oxygen atoms in total. The minimum absolute atomic E-state index is 0.0281. The standard InChI is InChI=1S/C19H27N3O4/c1-13(2)20-18(23)14(3)21-8-10-22(11-9-21)19(24)17-12-25-15-6-4-5-7-16(15)26-17/h4-7,13-14,17H,8-12H2,1-3H3,(H,20,23)/t14-,17-/m0/s1. The van der Waals surface area contributed by atoms with Crippen molar-refractivity contribution in [2.75, 3.05) is 32.8 Å². The van der Waals surface area contributed by atoms with Gasteiger partial charge in [-0.05, 0) is 32.9 Å². The molecule has 0 radical (unpaired) electrons. The highest BCUT2D eigenvalue weighted by Crippen LogP contribution is 2.31. The van der Waals surface area contributed by atoms with Gasteiger partial charge in [-0.15, -0.1) is 0 Å². The summed E-state index contributed by atoms with van der Waals surface area (Å²) in [5.74, 6) is 1.25. The number of piperazine rings is 1. The van der Waals surface area contributed by atoms with E-state index in [1.54, 1.807) is 4.90 Å². The van der Waals surface area contributed by atoms with Gasteiger partial charge in [0.05, 0.1) is 6.04 Å². The third kappa shape index (κ3) is 4.09. The van der Waals surface area contributed by atoms with Crippen LogP contribution < -0.4 is 14.8 Å². The van der Waals surface area contributed by atoms with Crippen LogP contribution in [0, 0.1) is 0 Å². The second-order valence-electron chi connectivity index (χ2n) is 7.06. The van der Waals surface area contributed by atoms with Gasteiger partial charge in [0.2, 0.25) is 12.0 Å². The number of carbonyl (C=O) groups is 2. The van der Waals surface area contributed by atoms with Gasteiger partial charge in [0.25, 0.3) is 5.91 Å². The lowest BCUT2D eigenvalue weighted by Gasteiger charge is -2.39. The molecule has 2 aliphatic heterocycles. The van der Waals surface area contributed by atoms with Crippen LogP contribution in [0.15, 0.2) is 24.3 Å². The van der Waals surface area contributed by atoms with Gasteiger partial charge >= 0.3 is 0 Å². The first-order valence-electron chi connectivity index (χ1n) is 9.17. The monoisotopic (exact) mass is 361 g/mol. The third-order valence-corrected chi connectivity index (χ3v) is 4.77. The largest absolute Gasteiger partial charge is 0.485 e. The molecule has 3 rings (SSSR count). The Balaban J connectivity index is 1.52. The molecule has 0 spiro atoms. The average Bonchev–Trinajstić information content (AvgIpc) is 2.66. The molecular formula is C19H27N3O4. The summed E-state index contributed by atoms with van der Waals surface area (Å²) in [6.45, 7) is 8.54. The van der Waals surface area contributed by atoms with Gasteiger partial charge in [0.1, 0.15) is 6.61 Å². The molecule has 0 aliphatic carbocycles. The number of carbonyl (C=O) groups excluding carboxylic acids is 2. The number of benzene rings is 1. The first-order chi connectivity index (χ1) is 12.5. The molecule has 0 bridgehead atoms. The zero-order valence-electron chi connectivity index (χ0n) is 15.6. The zero-order valence-corrected chi connectivity index (χ0v) is 15.6. The predicted octanol–water partition coefficient (Wildman–Crippen LogP) is 0.884. The van der Waals surface area contributed by atoms with Crippen LogP contribution in [0.25, 0.3) is 0 Å². The zero-order chi connectivity index (χ0) is 18.7. The predicted molar refractivity (Wildman–Crippen MR) is 97.2 cm³/mol. The Morgan fingerprint density at radius 3 is 2.38 bits per heavy atom. The van der Waals surface area contributed by atoms with Crippen molar-refractivity contribution in [1.82, 2.24) is 15.1 Å². The molecule has 0 saturated carbocycles. The van der Waals surface area contributed by atoms with Gasteiger partial charge in [-0.25, -0.2) is 0 Å². The van der Waals surface area contributed by atoms with Gasteiger partial charge in [-0.2, -0.15) is 0 Å². The summed E-state index contributed by atoms with van der Waals surface area (Å²) in [7, 11) is 0.